The number of hydrogen-bond acceptors (Lipinski definition) is 7. The highest BCUT2D eigenvalue weighted by molar-refractivity contribution is 5.50. The number of hydrogen-bond donors (Lipinski definition) is 3. The zero-order chi connectivity index (χ0) is 26.1. The van der Waals surface area contributed by atoms with Gasteiger partial charge in [-0.2, -0.15) is 0 Å². The molecule has 0 unspecified atom stereocenters. The molecule has 0 atom stereocenters. The second-order valence-corrected chi connectivity index (χ2v) is 11.7. The predicted octanol–water partition coefficient (Wildman–Crippen LogP) is 3.52. The first kappa shape index (κ1) is 29.7. The van der Waals surface area contributed by atoms with Crippen molar-refractivity contribution in [1.82, 2.24) is 9.80 Å². The molecule has 0 amide bonds. The van der Waals surface area contributed by atoms with Crippen LogP contribution in [0.1, 0.15) is 63.8 Å². The Morgan fingerprint density at radius 3 is 1.42 bits per heavy atom. The lowest BCUT2D eigenvalue weighted by Gasteiger charge is -2.39. The molecule has 36 heavy (non-hydrogen) atoms. The molecular formula is C28H44N2O6. The molecule has 0 saturated carbocycles. The van der Waals surface area contributed by atoms with Gasteiger partial charge >= 0.3 is 0 Å². The average molecular weight is 505 g/mol. The van der Waals surface area contributed by atoms with Crippen molar-refractivity contribution in [2.24, 2.45) is 0 Å². The van der Waals surface area contributed by atoms with E-state index in [1.54, 1.807) is 14.2 Å². The Labute approximate surface area is 215 Å². The average Bonchev–Trinajstić information content (AvgIpc) is 2.74. The van der Waals surface area contributed by atoms with Crippen LogP contribution in [0.3, 0.4) is 0 Å². The van der Waals surface area contributed by atoms with Gasteiger partial charge in [-0.1, -0.05) is 41.5 Å². The maximum absolute atomic E-state index is 11.0. The Kier molecular flexibility index (Phi) is 9.29. The third-order valence-electron chi connectivity index (χ3n) is 6.54. The van der Waals surface area contributed by atoms with E-state index in [1.165, 1.54) is 0 Å². The fourth-order valence-corrected chi connectivity index (χ4v) is 4.71. The molecule has 8 nitrogen and oxygen atoms in total. The number of nitrogens with zero attached hydrogens (tertiary/aromatic N) is 2. The van der Waals surface area contributed by atoms with Gasteiger partial charge in [-0.15, -0.1) is 0 Å². The summed E-state index contributed by atoms with van der Waals surface area (Å²) in [5, 5.41) is 32.7. The molecular weight excluding hydrogens is 460 g/mol. The van der Waals surface area contributed by atoms with Crippen molar-refractivity contribution >= 4 is 0 Å². The maximum Gasteiger partial charge on any atom is 0.124 e. The number of aromatic hydroxyl groups is 2. The van der Waals surface area contributed by atoms with Crippen LogP contribution in [-0.4, -0.2) is 70.7 Å². The summed E-state index contributed by atoms with van der Waals surface area (Å²) in [5.41, 5.74) is 2.71. The fraction of sp³-hybridized carbons (Fsp3) is 0.571. The molecule has 202 valence electrons. The summed E-state index contributed by atoms with van der Waals surface area (Å²) in [6, 6.07) is 7.49. The highest BCUT2D eigenvalue weighted by Crippen LogP contribution is 2.39. The smallest absolute Gasteiger partial charge is 0.124 e. The molecule has 2 aromatic carbocycles. The minimum absolute atomic E-state index is 0. The Morgan fingerprint density at radius 1 is 0.750 bits per heavy atom. The second-order valence-electron chi connectivity index (χ2n) is 11.7. The first-order valence-corrected chi connectivity index (χ1v) is 12.2. The van der Waals surface area contributed by atoms with Gasteiger partial charge in [-0.05, 0) is 35.1 Å². The van der Waals surface area contributed by atoms with Gasteiger partial charge in [0.1, 0.15) is 23.0 Å². The van der Waals surface area contributed by atoms with E-state index >= 15 is 0 Å². The highest BCUT2D eigenvalue weighted by atomic mass is 16.5. The Balaban J connectivity index is 0.00000456. The van der Waals surface area contributed by atoms with Gasteiger partial charge in [0, 0.05) is 48.4 Å². The third kappa shape index (κ3) is 6.82. The molecule has 1 heterocycles. The van der Waals surface area contributed by atoms with Gasteiger partial charge in [0.05, 0.1) is 27.0 Å². The monoisotopic (exact) mass is 504 g/mol. The third-order valence-corrected chi connectivity index (χ3v) is 6.54. The number of β-amino-alcohol motifs (C(OH)–C–C–N with tert-alkyl or cyclic N) is 1. The first-order valence-electron chi connectivity index (χ1n) is 12.2. The van der Waals surface area contributed by atoms with Crippen LogP contribution in [0.4, 0.5) is 0 Å². The molecule has 1 aliphatic rings. The van der Waals surface area contributed by atoms with Crippen molar-refractivity contribution in [1.29, 1.82) is 0 Å². The number of phenolic OH excluding ortho intramolecular Hbond substituents is 2. The van der Waals surface area contributed by atoms with E-state index in [9.17, 15) is 15.3 Å². The summed E-state index contributed by atoms with van der Waals surface area (Å²) < 4.78 is 11.0. The van der Waals surface area contributed by atoms with E-state index in [2.05, 4.69) is 51.3 Å². The lowest BCUT2D eigenvalue weighted by Crippen LogP contribution is -2.51. The molecule has 0 spiro atoms. The maximum atomic E-state index is 11.0. The van der Waals surface area contributed by atoms with Crippen LogP contribution in [0.25, 0.3) is 0 Å². The topological polar surface area (TPSA) is 117 Å². The van der Waals surface area contributed by atoms with E-state index in [0.717, 1.165) is 22.3 Å². The van der Waals surface area contributed by atoms with Crippen LogP contribution in [0.5, 0.6) is 23.0 Å². The summed E-state index contributed by atoms with van der Waals surface area (Å²) >= 11 is 0. The van der Waals surface area contributed by atoms with Crippen molar-refractivity contribution < 1.29 is 30.3 Å². The summed E-state index contributed by atoms with van der Waals surface area (Å²) in [4.78, 5) is 4.22. The van der Waals surface area contributed by atoms with Crippen LogP contribution in [-0.2, 0) is 23.9 Å². The molecule has 1 aliphatic heterocycles. The molecule has 0 aliphatic carbocycles. The Bertz CT molecular complexity index is 960. The van der Waals surface area contributed by atoms with Gasteiger partial charge in [-0.25, -0.2) is 0 Å². The predicted molar refractivity (Wildman–Crippen MR) is 142 cm³/mol. The van der Waals surface area contributed by atoms with E-state index in [1.807, 2.05) is 24.3 Å². The quantitative estimate of drug-likeness (QED) is 0.551. The number of benzene rings is 2. The summed E-state index contributed by atoms with van der Waals surface area (Å²) in [6.45, 7) is 14.9. The minimum Gasteiger partial charge on any atom is -0.507 e. The number of methoxy groups -OCH3 is 2. The van der Waals surface area contributed by atoms with E-state index in [-0.39, 0.29) is 27.8 Å². The second kappa shape index (κ2) is 11.3. The molecule has 0 bridgehead atoms. The first-order chi connectivity index (χ1) is 16.2. The van der Waals surface area contributed by atoms with Crippen LogP contribution in [0.2, 0.25) is 0 Å². The standard InChI is InChI=1S/C28H42N2O5.H2O/c1-27(2,3)23-11-21(34-7)9-18(25(23)32)13-29-15-20(31)16-30(17-29)14-19-10-22(35-8)12-24(26(19)33)28(4,5)6;/h9-12,20,31-33H,13-17H2,1-8H3;1H2. The van der Waals surface area contributed by atoms with Crippen molar-refractivity contribution in [3.63, 3.8) is 0 Å². The molecule has 3 rings (SSSR count). The lowest BCUT2D eigenvalue weighted by atomic mass is 9.85. The Morgan fingerprint density at radius 2 is 1.11 bits per heavy atom. The van der Waals surface area contributed by atoms with Crippen molar-refractivity contribution in [3.8, 4) is 23.0 Å². The molecule has 2 aromatic rings. The summed E-state index contributed by atoms with van der Waals surface area (Å²) in [7, 11) is 3.25. The SMILES string of the molecule is COc1cc(CN2CC(O)CN(Cc3cc(OC)cc(C(C)(C)C)c3O)C2)c(O)c(C(C)(C)C)c1.O. The largest absolute Gasteiger partial charge is 0.507 e. The molecule has 8 heteroatoms. The Hall–Kier alpha value is -2.52. The molecule has 0 radical (unpaired) electrons. The number of phenols is 2. The van der Waals surface area contributed by atoms with Crippen LogP contribution >= 0.6 is 0 Å². The van der Waals surface area contributed by atoms with Gasteiger partial charge in [-0.3, -0.25) is 9.80 Å². The van der Waals surface area contributed by atoms with Gasteiger partial charge < -0.3 is 30.3 Å². The highest BCUT2D eigenvalue weighted by Gasteiger charge is 2.29. The van der Waals surface area contributed by atoms with E-state index in [4.69, 9.17) is 9.47 Å². The van der Waals surface area contributed by atoms with Crippen molar-refractivity contribution in [2.75, 3.05) is 34.0 Å². The van der Waals surface area contributed by atoms with E-state index < -0.39 is 6.10 Å². The molecule has 1 saturated heterocycles. The van der Waals surface area contributed by atoms with Crippen LogP contribution < -0.4 is 9.47 Å². The van der Waals surface area contributed by atoms with Crippen LogP contribution in [0.15, 0.2) is 24.3 Å². The molecule has 5 N–H and O–H groups in total. The van der Waals surface area contributed by atoms with Crippen molar-refractivity contribution in [2.45, 2.75) is 71.6 Å². The van der Waals surface area contributed by atoms with Gasteiger partial charge in [0.2, 0.25) is 0 Å². The van der Waals surface area contributed by atoms with Gasteiger partial charge in [0.15, 0.2) is 0 Å². The number of ether oxygens (including phenoxy) is 2. The number of rotatable bonds is 6. The van der Waals surface area contributed by atoms with Crippen molar-refractivity contribution in [3.05, 3.63) is 46.5 Å². The summed E-state index contributed by atoms with van der Waals surface area (Å²) in [5.74, 6) is 1.94. The van der Waals surface area contributed by atoms with E-state index in [0.29, 0.717) is 44.3 Å². The number of aliphatic hydroxyl groups is 1. The zero-order valence-electron chi connectivity index (χ0n) is 23.0. The molecule has 1 fully saturated rings. The van der Waals surface area contributed by atoms with Gasteiger partial charge in [0.25, 0.3) is 0 Å². The fourth-order valence-electron chi connectivity index (χ4n) is 4.71. The van der Waals surface area contributed by atoms with Crippen LogP contribution in [0, 0.1) is 0 Å². The zero-order valence-corrected chi connectivity index (χ0v) is 23.0. The minimum atomic E-state index is -0.548. The summed E-state index contributed by atoms with van der Waals surface area (Å²) in [6.07, 6.45) is -0.548. The molecule has 0 aromatic heterocycles. The number of aliphatic hydroxyl groups excluding tert-OH is 1. The lowest BCUT2D eigenvalue weighted by molar-refractivity contribution is -0.0152. The normalized spacial score (nSPS) is 16.0.